The molecule has 0 unspecified atom stereocenters. The molecule has 1 heterocycles. The van der Waals surface area contributed by atoms with Gasteiger partial charge in [-0.25, -0.2) is 9.98 Å². The molecule has 0 saturated heterocycles. The maximum atomic E-state index is 5.97. The van der Waals surface area contributed by atoms with Crippen LogP contribution < -0.4 is 11.1 Å². The van der Waals surface area contributed by atoms with Gasteiger partial charge in [-0.2, -0.15) is 0 Å². The average Bonchev–Trinajstić information content (AvgIpc) is 2.76. The predicted octanol–water partition coefficient (Wildman–Crippen LogP) is 3.72. The molecule has 0 radical (unpaired) electrons. The topological polar surface area (TPSA) is 76.4 Å². The van der Waals surface area contributed by atoms with E-state index < -0.39 is 0 Å². The lowest BCUT2D eigenvalue weighted by molar-refractivity contribution is 0.383. The molecule has 1 aliphatic rings. The molecule has 2 rings (SSSR count). The monoisotopic (exact) mass is 420 g/mol. The van der Waals surface area contributed by atoms with Gasteiger partial charge in [0.1, 0.15) is 12.3 Å². The van der Waals surface area contributed by atoms with Crippen molar-refractivity contribution < 1.29 is 4.42 Å². The number of oxazole rings is 1. The Morgan fingerprint density at radius 1 is 1.32 bits per heavy atom. The van der Waals surface area contributed by atoms with E-state index in [-0.39, 0.29) is 29.4 Å². The Morgan fingerprint density at radius 2 is 1.95 bits per heavy atom. The van der Waals surface area contributed by atoms with Gasteiger partial charge in [0.25, 0.3) is 0 Å². The summed E-state index contributed by atoms with van der Waals surface area (Å²) in [6.45, 7) is 6.69. The van der Waals surface area contributed by atoms with Crippen molar-refractivity contribution in [2.45, 2.75) is 77.3 Å². The van der Waals surface area contributed by atoms with Crippen LogP contribution in [0, 0.1) is 0 Å². The Morgan fingerprint density at radius 3 is 2.50 bits per heavy atom. The molecule has 126 valence electrons. The van der Waals surface area contributed by atoms with Crippen molar-refractivity contribution in [3.8, 4) is 0 Å². The summed E-state index contributed by atoms with van der Waals surface area (Å²) in [5, 5.41) is 3.32. The van der Waals surface area contributed by atoms with Crippen LogP contribution in [0.4, 0.5) is 0 Å². The fourth-order valence-corrected chi connectivity index (χ4v) is 2.56. The van der Waals surface area contributed by atoms with E-state index in [0.29, 0.717) is 24.4 Å². The van der Waals surface area contributed by atoms with Gasteiger partial charge < -0.3 is 15.5 Å². The van der Waals surface area contributed by atoms with E-state index in [1.54, 1.807) is 6.20 Å². The van der Waals surface area contributed by atoms with Crippen molar-refractivity contribution in [1.29, 1.82) is 0 Å². The third-order valence-corrected chi connectivity index (χ3v) is 3.88. The number of hydrogen-bond donors (Lipinski definition) is 2. The van der Waals surface area contributed by atoms with E-state index in [2.05, 4.69) is 36.1 Å². The molecule has 1 aliphatic carbocycles. The Kier molecular flexibility index (Phi) is 7.65. The number of hydrogen-bond acceptors (Lipinski definition) is 3. The minimum atomic E-state index is -0.0287. The molecule has 1 aromatic heterocycles. The highest BCUT2D eigenvalue weighted by Crippen LogP contribution is 2.22. The van der Waals surface area contributed by atoms with Gasteiger partial charge in [-0.1, -0.05) is 46.5 Å². The smallest absolute Gasteiger partial charge is 0.216 e. The number of nitrogens with one attached hydrogen (secondary N) is 1. The van der Waals surface area contributed by atoms with Crippen LogP contribution in [-0.4, -0.2) is 17.0 Å². The summed E-state index contributed by atoms with van der Waals surface area (Å²) >= 11 is 0. The van der Waals surface area contributed by atoms with Crippen molar-refractivity contribution in [2.75, 3.05) is 0 Å². The summed E-state index contributed by atoms with van der Waals surface area (Å²) in [7, 11) is 0. The molecule has 1 saturated carbocycles. The van der Waals surface area contributed by atoms with Crippen LogP contribution in [0.3, 0.4) is 0 Å². The fraction of sp³-hybridized carbons (Fsp3) is 0.750. The quantitative estimate of drug-likeness (QED) is 0.338. The van der Waals surface area contributed by atoms with Crippen LogP contribution >= 0.6 is 24.0 Å². The Labute approximate surface area is 150 Å². The van der Waals surface area contributed by atoms with Gasteiger partial charge in [0, 0.05) is 11.5 Å². The molecule has 3 N–H and O–H groups in total. The van der Waals surface area contributed by atoms with E-state index in [4.69, 9.17) is 10.2 Å². The standard InChI is InChI=1S/C16H28N4O.HI/c1-16(2,3)13-10-18-14(21-13)11-19-15(17)20-12-8-6-4-5-7-9-12;/h10,12H,4-9,11H2,1-3H3,(H3,17,19,20);1H. The van der Waals surface area contributed by atoms with Gasteiger partial charge in [-0.05, 0) is 12.8 Å². The molecule has 0 bridgehead atoms. The van der Waals surface area contributed by atoms with Crippen LogP contribution in [-0.2, 0) is 12.0 Å². The molecule has 1 fully saturated rings. The molecule has 22 heavy (non-hydrogen) atoms. The lowest BCUT2D eigenvalue weighted by Gasteiger charge is -2.16. The summed E-state index contributed by atoms with van der Waals surface area (Å²) in [4.78, 5) is 8.60. The van der Waals surface area contributed by atoms with Gasteiger partial charge in [0.2, 0.25) is 5.89 Å². The minimum absolute atomic E-state index is 0. The number of nitrogens with zero attached hydrogens (tertiary/aromatic N) is 2. The first-order valence-corrected chi connectivity index (χ1v) is 7.97. The fourth-order valence-electron chi connectivity index (χ4n) is 2.56. The third kappa shape index (κ3) is 6.14. The van der Waals surface area contributed by atoms with Crippen LogP contribution in [0.5, 0.6) is 0 Å². The summed E-state index contributed by atoms with van der Waals surface area (Å²) in [6, 6.07) is 0.464. The van der Waals surface area contributed by atoms with Crippen molar-refractivity contribution in [3.63, 3.8) is 0 Å². The summed E-state index contributed by atoms with van der Waals surface area (Å²) < 4.78 is 5.71. The predicted molar refractivity (Wildman–Crippen MR) is 101 cm³/mol. The SMILES string of the molecule is CC(C)(C)c1cnc(CN=C(N)NC2CCCCCC2)o1.I. The van der Waals surface area contributed by atoms with Crippen LogP contribution in [0.1, 0.15) is 70.9 Å². The third-order valence-electron chi connectivity index (χ3n) is 3.88. The van der Waals surface area contributed by atoms with Gasteiger partial charge in [-0.3, -0.25) is 0 Å². The molecule has 6 heteroatoms. The first kappa shape index (κ1) is 19.3. The highest BCUT2D eigenvalue weighted by atomic mass is 127. The first-order valence-electron chi connectivity index (χ1n) is 7.97. The highest BCUT2D eigenvalue weighted by Gasteiger charge is 2.19. The van der Waals surface area contributed by atoms with E-state index >= 15 is 0 Å². The average molecular weight is 420 g/mol. The maximum Gasteiger partial charge on any atom is 0.216 e. The van der Waals surface area contributed by atoms with Crippen LogP contribution in [0.2, 0.25) is 0 Å². The lowest BCUT2D eigenvalue weighted by Crippen LogP contribution is -2.39. The number of nitrogens with two attached hydrogens (primary N) is 1. The first-order chi connectivity index (χ1) is 9.95. The van der Waals surface area contributed by atoms with E-state index in [9.17, 15) is 0 Å². The summed E-state index contributed by atoms with van der Waals surface area (Å²) in [5.41, 5.74) is 5.94. The summed E-state index contributed by atoms with van der Waals surface area (Å²) in [5.74, 6) is 1.99. The van der Waals surface area contributed by atoms with Crippen molar-refractivity contribution in [1.82, 2.24) is 10.3 Å². The van der Waals surface area contributed by atoms with Crippen molar-refractivity contribution in [3.05, 3.63) is 17.8 Å². The number of guanidine groups is 1. The number of aliphatic imine (C=N–C) groups is 1. The zero-order valence-corrected chi connectivity index (χ0v) is 16.2. The maximum absolute atomic E-state index is 5.97. The van der Waals surface area contributed by atoms with Crippen LogP contribution in [0.15, 0.2) is 15.6 Å². The number of aromatic nitrogens is 1. The molecular formula is C16H29IN4O. The largest absolute Gasteiger partial charge is 0.443 e. The number of rotatable bonds is 3. The Hall–Kier alpha value is -0.790. The molecule has 0 aromatic carbocycles. The second kappa shape index (κ2) is 8.74. The second-order valence-electron chi connectivity index (χ2n) is 6.90. The van der Waals surface area contributed by atoms with Gasteiger partial charge in [-0.15, -0.1) is 24.0 Å². The van der Waals surface area contributed by atoms with E-state index in [1.165, 1.54) is 38.5 Å². The molecule has 0 atom stereocenters. The molecule has 5 nitrogen and oxygen atoms in total. The normalized spacial score (nSPS) is 17.7. The highest BCUT2D eigenvalue weighted by molar-refractivity contribution is 14.0. The lowest BCUT2D eigenvalue weighted by atomic mass is 9.94. The second-order valence-corrected chi connectivity index (χ2v) is 6.90. The van der Waals surface area contributed by atoms with Gasteiger partial charge >= 0.3 is 0 Å². The molecular weight excluding hydrogens is 391 g/mol. The van der Waals surface area contributed by atoms with E-state index in [1.807, 2.05) is 0 Å². The van der Waals surface area contributed by atoms with Gasteiger partial charge in [0.15, 0.2) is 5.96 Å². The molecule has 0 spiro atoms. The van der Waals surface area contributed by atoms with Gasteiger partial charge in [0.05, 0.1) is 6.20 Å². The van der Waals surface area contributed by atoms with Crippen LogP contribution in [0.25, 0.3) is 0 Å². The zero-order valence-electron chi connectivity index (χ0n) is 13.9. The summed E-state index contributed by atoms with van der Waals surface area (Å²) in [6.07, 6.45) is 9.37. The Bertz CT molecular complexity index is 471. The minimum Gasteiger partial charge on any atom is -0.443 e. The van der Waals surface area contributed by atoms with Crippen molar-refractivity contribution >= 4 is 29.9 Å². The zero-order chi connectivity index (χ0) is 15.3. The molecule has 0 aliphatic heterocycles. The molecule has 0 amide bonds. The number of halogens is 1. The van der Waals surface area contributed by atoms with E-state index in [0.717, 1.165) is 5.76 Å². The van der Waals surface area contributed by atoms with Crippen molar-refractivity contribution in [2.24, 2.45) is 10.7 Å². The molecule has 1 aromatic rings. The Balaban J connectivity index is 0.00000242.